The van der Waals surface area contributed by atoms with Gasteiger partial charge in [0.25, 0.3) is 11.8 Å². The average Bonchev–Trinajstić information content (AvgIpc) is 3.50. The lowest BCUT2D eigenvalue weighted by Gasteiger charge is -2.43. The highest BCUT2D eigenvalue weighted by Gasteiger charge is 2.33. The molecular formula is C33H42N6O3. The number of nitrogens with two attached hydrogens (primary N) is 2. The van der Waals surface area contributed by atoms with Gasteiger partial charge in [-0.25, -0.2) is 4.98 Å². The molecule has 3 aromatic rings. The van der Waals surface area contributed by atoms with E-state index in [4.69, 9.17) is 16.2 Å². The number of primary amides is 1. The molecule has 42 heavy (non-hydrogen) atoms. The van der Waals surface area contributed by atoms with E-state index in [1.807, 2.05) is 54.3 Å². The van der Waals surface area contributed by atoms with E-state index >= 15 is 0 Å². The Morgan fingerprint density at radius 3 is 2.55 bits per heavy atom. The number of hydrogen-bond donors (Lipinski definition) is 2. The van der Waals surface area contributed by atoms with Crippen molar-refractivity contribution < 1.29 is 14.3 Å². The van der Waals surface area contributed by atoms with Crippen molar-refractivity contribution in [2.75, 3.05) is 55.7 Å². The molecule has 2 fully saturated rings. The number of benzene rings is 2. The Kier molecular flexibility index (Phi) is 8.97. The minimum absolute atomic E-state index is 0.0336. The highest BCUT2D eigenvalue weighted by Crippen LogP contribution is 2.35. The van der Waals surface area contributed by atoms with Gasteiger partial charge < -0.3 is 30.9 Å². The number of aryl methyl sites for hydroxylation is 1. The van der Waals surface area contributed by atoms with Crippen LogP contribution in [0.25, 0.3) is 11.1 Å². The van der Waals surface area contributed by atoms with Gasteiger partial charge in [-0.05, 0) is 86.7 Å². The molecule has 5 rings (SSSR count). The summed E-state index contributed by atoms with van der Waals surface area (Å²) in [6, 6.07) is 15.7. The largest absolute Gasteiger partial charge is 0.478 e. The van der Waals surface area contributed by atoms with E-state index in [1.165, 1.54) is 0 Å². The first-order valence-corrected chi connectivity index (χ1v) is 15.0. The lowest BCUT2D eigenvalue weighted by Crippen LogP contribution is -2.55. The summed E-state index contributed by atoms with van der Waals surface area (Å²) in [4.78, 5) is 37.5. The molecule has 222 valence electrons. The fourth-order valence-electron chi connectivity index (χ4n) is 6.22. The van der Waals surface area contributed by atoms with E-state index in [2.05, 4.69) is 34.7 Å². The summed E-state index contributed by atoms with van der Waals surface area (Å²) in [6.45, 7) is 10.7. The molecule has 0 aliphatic carbocycles. The minimum atomic E-state index is -0.493. The van der Waals surface area contributed by atoms with Gasteiger partial charge in [-0.15, -0.1) is 0 Å². The molecule has 2 aromatic carbocycles. The minimum Gasteiger partial charge on any atom is -0.478 e. The summed E-state index contributed by atoms with van der Waals surface area (Å²) < 4.78 is 5.72. The van der Waals surface area contributed by atoms with E-state index in [9.17, 15) is 9.59 Å². The molecule has 2 amide bonds. The molecule has 9 heteroatoms. The first-order chi connectivity index (χ1) is 20.3. The first-order valence-electron chi connectivity index (χ1n) is 15.0. The molecule has 0 spiro atoms. The molecule has 0 radical (unpaired) electrons. The van der Waals surface area contributed by atoms with Crippen molar-refractivity contribution in [1.29, 1.82) is 0 Å². The number of pyridine rings is 1. The van der Waals surface area contributed by atoms with Gasteiger partial charge in [-0.1, -0.05) is 19.1 Å². The summed E-state index contributed by atoms with van der Waals surface area (Å²) in [5, 5.41) is 0. The van der Waals surface area contributed by atoms with E-state index in [0.29, 0.717) is 50.1 Å². The molecule has 2 aliphatic heterocycles. The molecule has 2 atom stereocenters. The molecule has 1 aromatic heterocycles. The molecule has 3 heterocycles. The van der Waals surface area contributed by atoms with Crippen LogP contribution in [0.15, 0.2) is 54.7 Å². The molecule has 2 aliphatic rings. The quantitative estimate of drug-likeness (QED) is 0.398. The summed E-state index contributed by atoms with van der Waals surface area (Å²) >= 11 is 0. The zero-order valence-electron chi connectivity index (χ0n) is 24.9. The topological polar surface area (TPSA) is 118 Å². The second-order valence-electron chi connectivity index (χ2n) is 11.2. The highest BCUT2D eigenvalue weighted by atomic mass is 16.5. The van der Waals surface area contributed by atoms with Gasteiger partial charge in [0.05, 0.1) is 17.7 Å². The van der Waals surface area contributed by atoms with Gasteiger partial charge in [-0.2, -0.15) is 0 Å². The lowest BCUT2D eigenvalue weighted by atomic mass is 9.99. The SMILES string of the molecule is CCOc1ncccc1-c1ccc(N2CCN(C(=O)c3ccc(C)cc3N3CCC(CN)C3)C[C@H]2CC)c(C(N)=O)c1. The highest BCUT2D eigenvalue weighted by molar-refractivity contribution is 6.01. The average molecular weight is 571 g/mol. The number of rotatable bonds is 9. The van der Waals surface area contributed by atoms with Crippen LogP contribution in [0.1, 0.15) is 53.0 Å². The normalized spacial score (nSPS) is 18.8. The molecule has 0 bridgehead atoms. The third-order valence-corrected chi connectivity index (χ3v) is 8.52. The molecule has 4 N–H and O–H groups in total. The van der Waals surface area contributed by atoms with Crippen molar-refractivity contribution in [1.82, 2.24) is 9.88 Å². The van der Waals surface area contributed by atoms with Crippen molar-refractivity contribution in [3.8, 4) is 17.0 Å². The van der Waals surface area contributed by atoms with Crippen LogP contribution in [0, 0.1) is 12.8 Å². The molecular weight excluding hydrogens is 528 g/mol. The van der Waals surface area contributed by atoms with E-state index in [0.717, 1.165) is 59.6 Å². The Bertz CT molecular complexity index is 1440. The zero-order chi connectivity index (χ0) is 29.8. The van der Waals surface area contributed by atoms with Crippen molar-refractivity contribution in [3.05, 3.63) is 71.4 Å². The number of carbonyl (C=O) groups excluding carboxylic acids is 2. The van der Waals surface area contributed by atoms with Gasteiger partial charge in [0, 0.05) is 61.9 Å². The van der Waals surface area contributed by atoms with Crippen LogP contribution in [-0.2, 0) is 0 Å². The summed E-state index contributed by atoms with van der Waals surface area (Å²) in [7, 11) is 0. The van der Waals surface area contributed by atoms with Crippen LogP contribution in [0.4, 0.5) is 11.4 Å². The number of piperazine rings is 1. The van der Waals surface area contributed by atoms with Crippen LogP contribution >= 0.6 is 0 Å². The van der Waals surface area contributed by atoms with Gasteiger partial charge in [-0.3, -0.25) is 9.59 Å². The number of nitrogens with zero attached hydrogens (tertiary/aromatic N) is 4. The van der Waals surface area contributed by atoms with Crippen molar-refractivity contribution in [3.63, 3.8) is 0 Å². The van der Waals surface area contributed by atoms with Crippen LogP contribution in [0.3, 0.4) is 0 Å². The predicted molar refractivity (Wildman–Crippen MR) is 167 cm³/mol. The monoisotopic (exact) mass is 570 g/mol. The number of carbonyl (C=O) groups is 2. The molecule has 1 unspecified atom stereocenters. The summed E-state index contributed by atoms with van der Waals surface area (Å²) in [5.41, 5.74) is 17.6. The maximum Gasteiger partial charge on any atom is 0.256 e. The second kappa shape index (κ2) is 12.8. The number of anilines is 2. The Hall–Kier alpha value is -4.11. The molecule has 9 nitrogen and oxygen atoms in total. The van der Waals surface area contributed by atoms with Gasteiger partial charge >= 0.3 is 0 Å². The van der Waals surface area contributed by atoms with E-state index in [-0.39, 0.29) is 11.9 Å². The van der Waals surface area contributed by atoms with Crippen LogP contribution in [0.5, 0.6) is 5.88 Å². The Balaban J connectivity index is 1.39. The Morgan fingerprint density at radius 1 is 1.00 bits per heavy atom. The predicted octanol–water partition coefficient (Wildman–Crippen LogP) is 4.08. The third-order valence-electron chi connectivity index (χ3n) is 8.52. The third kappa shape index (κ3) is 5.92. The van der Waals surface area contributed by atoms with Gasteiger partial charge in [0.2, 0.25) is 5.88 Å². The zero-order valence-corrected chi connectivity index (χ0v) is 24.9. The van der Waals surface area contributed by atoms with Gasteiger partial charge in [0.15, 0.2) is 0 Å². The van der Waals surface area contributed by atoms with E-state index in [1.54, 1.807) is 6.20 Å². The second-order valence-corrected chi connectivity index (χ2v) is 11.2. The maximum absolute atomic E-state index is 14.0. The van der Waals surface area contributed by atoms with E-state index < -0.39 is 5.91 Å². The smallest absolute Gasteiger partial charge is 0.256 e. The summed E-state index contributed by atoms with van der Waals surface area (Å²) in [6.07, 6.45) is 3.54. The van der Waals surface area contributed by atoms with Crippen LogP contribution in [-0.4, -0.2) is 73.6 Å². The van der Waals surface area contributed by atoms with Crippen molar-refractivity contribution in [2.24, 2.45) is 17.4 Å². The van der Waals surface area contributed by atoms with Gasteiger partial charge in [0.1, 0.15) is 0 Å². The standard InChI is InChI=1S/C33H42N6O3/c1-4-25-21-38(33(41)27-10-8-22(3)17-30(27)37-14-12-23(19-34)20-37)15-16-39(25)29-11-9-24(18-28(29)31(35)40)26-7-6-13-36-32(26)42-5-2/h6-11,13,17-18,23,25H,4-5,12,14-16,19-21,34H2,1-3H3,(H2,35,40)/t23?,25-/m1/s1. The van der Waals surface area contributed by atoms with Crippen LogP contribution in [0.2, 0.25) is 0 Å². The molecule has 0 saturated carbocycles. The number of amides is 2. The number of hydrogen-bond acceptors (Lipinski definition) is 7. The lowest BCUT2D eigenvalue weighted by molar-refractivity contribution is 0.0720. The van der Waals surface area contributed by atoms with Crippen molar-refractivity contribution in [2.45, 2.75) is 39.7 Å². The Labute approximate surface area is 248 Å². The maximum atomic E-state index is 14.0. The fraction of sp³-hybridized carbons (Fsp3) is 0.424. The number of aromatic nitrogens is 1. The summed E-state index contributed by atoms with van der Waals surface area (Å²) in [5.74, 6) is 0.526. The Morgan fingerprint density at radius 2 is 1.83 bits per heavy atom. The first kappa shape index (κ1) is 29.4. The van der Waals surface area contributed by atoms with Crippen molar-refractivity contribution >= 4 is 23.2 Å². The number of ether oxygens (including phenoxy) is 1. The fourth-order valence-corrected chi connectivity index (χ4v) is 6.22. The molecule has 2 saturated heterocycles. The van der Waals surface area contributed by atoms with Crippen LogP contribution < -0.4 is 26.0 Å².